The number of carboxylic acids is 2. The molecule has 1 fully saturated rings. The number of aliphatic carboxylic acids is 2. The van der Waals surface area contributed by atoms with Crippen LogP contribution in [0.15, 0.2) is 11.6 Å². The minimum Gasteiger partial charge on any atom is -0.478 e. The summed E-state index contributed by atoms with van der Waals surface area (Å²) in [4.78, 5) is 21.2. The molecule has 0 radical (unpaired) electrons. The quantitative estimate of drug-likeness (QED) is 0.614. The Morgan fingerprint density at radius 2 is 1.60 bits per heavy atom. The molecule has 1 aliphatic carbocycles. The molecule has 0 amide bonds. The van der Waals surface area contributed by atoms with Crippen LogP contribution in [0.4, 0.5) is 0 Å². The molecule has 0 atom stereocenters. The molecule has 15 heavy (non-hydrogen) atoms. The molecule has 0 spiro atoms. The van der Waals surface area contributed by atoms with Crippen LogP contribution in [0.1, 0.15) is 32.1 Å². The van der Waals surface area contributed by atoms with Crippen LogP contribution in [0.2, 0.25) is 0 Å². The summed E-state index contributed by atoms with van der Waals surface area (Å²) < 4.78 is 0. The van der Waals surface area contributed by atoms with Gasteiger partial charge in [0.15, 0.2) is 0 Å². The monoisotopic (exact) mass is 312 g/mol. The van der Waals surface area contributed by atoms with Gasteiger partial charge in [-0.15, -0.1) is 0 Å². The van der Waals surface area contributed by atoms with E-state index < -0.39 is 11.9 Å². The van der Waals surface area contributed by atoms with Crippen molar-refractivity contribution in [3.8, 4) is 0 Å². The Morgan fingerprint density at radius 3 is 2.00 bits per heavy atom. The topological polar surface area (TPSA) is 74.6 Å². The maximum absolute atomic E-state index is 10.8. The fourth-order valence-corrected chi connectivity index (χ4v) is 1.90. The third-order valence-electron chi connectivity index (χ3n) is 2.57. The van der Waals surface area contributed by atoms with Crippen molar-refractivity contribution in [1.29, 1.82) is 0 Å². The average molecular weight is 311 g/mol. The first-order chi connectivity index (χ1) is 6.61. The second-order valence-corrected chi connectivity index (χ2v) is 3.58. The molecule has 4 nitrogen and oxygen atoms in total. The number of carboxylic acid groups (broad SMARTS) is 2. The molecule has 5 heteroatoms. The first-order valence-corrected chi connectivity index (χ1v) is 4.79. The van der Waals surface area contributed by atoms with Gasteiger partial charge in [0, 0.05) is 38.9 Å². The summed E-state index contributed by atoms with van der Waals surface area (Å²) in [6.45, 7) is 0. The Morgan fingerprint density at radius 1 is 1.07 bits per heavy atom. The molecule has 80 valence electrons. The van der Waals surface area contributed by atoms with Gasteiger partial charge in [-0.2, -0.15) is 0 Å². The molecule has 0 heterocycles. The van der Waals surface area contributed by atoms with Crippen molar-refractivity contribution in [1.82, 2.24) is 0 Å². The van der Waals surface area contributed by atoms with E-state index in [0.717, 1.165) is 38.2 Å². The number of rotatable bonds is 3. The standard InChI is InChI=1S/C10H14O4.Cd/c11-9(12)6-8(10(13)14)7-4-2-1-3-5-7;/h6-7H,1-5H2,(H,11,12)(H,13,14);. The Hall–Kier alpha value is -0.398. The second kappa shape index (κ2) is 6.97. The SMILES string of the molecule is O=C(O)C=C(C(=O)O)C1CCCCC1.[Cd]. The smallest absolute Gasteiger partial charge is 0.332 e. The van der Waals surface area contributed by atoms with E-state index in [0.29, 0.717) is 0 Å². The van der Waals surface area contributed by atoms with Crippen molar-refractivity contribution in [3.63, 3.8) is 0 Å². The Kier molecular flexibility index (Phi) is 6.79. The van der Waals surface area contributed by atoms with E-state index in [1.54, 1.807) is 0 Å². The number of hydrogen-bond acceptors (Lipinski definition) is 2. The summed E-state index contributed by atoms with van der Waals surface area (Å²) in [5, 5.41) is 17.4. The molecule has 2 N–H and O–H groups in total. The number of carbonyl (C=O) groups is 2. The Balaban J connectivity index is 0.00000196. The van der Waals surface area contributed by atoms with Crippen LogP contribution in [0.25, 0.3) is 0 Å². The van der Waals surface area contributed by atoms with Crippen LogP contribution in [-0.4, -0.2) is 22.2 Å². The molecule has 1 saturated carbocycles. The van der Waals surface area contributed by atoms with Crippen molar-refractivity contribution in [2.45, 2.75) is 32.1 Å². The summed E-state index contributed by atoms with van der Waals surface area (Å²) >= 11 is 0. The van der Waals surface area contributed by atoms with Gasteiger partial charge >= 0.3 is 11.9 Å². The van der Waals surface area contributed by atoms with E-state index in [1.165, 1.54) is 0 Å². The van der Waals surface area contributed by atoms with Gasteiger partial charge < -0.3 is 10.2 Å². The van der Waals surface area contributed by atoms with E-state index in [1.807, 2.05) is 0 Å². The zero-order valence-corrected chi connectivity index (χ0v) is 12.6. The van der Waals surface area contributed by atoms with Gasteiger partial charge in [-0.3, -0.25) is 0 Å². The summed E-state index contributed by atoms with van der Waals surface area (Å²) in [6, 6.07) is 0. The van der Waals surface area contributed by atoms with Crippen molar-refractivity contribution < 1.29 is 47.1 Å². The number of hydrogen-bond donors (Lipinski definition) is 2. The zero-order valence-electron chi connectivity index (χ0n) is 8.61. The van der Waals surface area contributed by atoms with Crippen molar-refractivity contribution in [2.75, 3.05) is 0 Å². The molecule has 0 aromatic rings. The molecule has 0 saturated heterocycles. The third kappa shape index (κ3) is 4.77. The largest absolute Gasteiger partial charge is 0.478 e. The van der Waals surface area contributed by atoms with Crippen LogP contribution >= 0.6 is 0 Å². The van der Waals surface area contributed by atoms with Gasteiger partial charge in [-0.1, -0.05) is 19.3 Å². The Labute approximate surface area is 109 Å². The van der Waals surface area contributed by atoms with Gasteiger partial charge in [0.2, 0.25) is 0 Å². The summed E-state index contributed by atoms with van der Waals surface area (Å²) in [6.07, 6.45) is 5.54. The van der Waals surface area contributed by atoms with Crippen LogP contribution < -0.4 is 0 Å². The van der Waals surface area contributed by atoms with E-state index in [2.05, 4.69) is 0 Å². The fraction of sp³-hybridized carbons (Fsp3) is 0.600. The van der Waals surface area contributed by atoms with Crippen molar-refractivity contribution in [2.24, 2.45) is 5.92 Å². The van der Waals surface area contributed by atoms with Gasteiger partial charge in [0.25, 0.3) is 0 Å². The molecule has 0 bridgehead atoms. The van der Waals surface area contributed by atoms with Gasteiger partial charge in [-0.05, 0) is 18.8 Å². The molecule has 1 aliphatic rings. The molecular formula is C10H14CdO4. The summed E-state index contributed by atoms with van der Waals surface area (Å²) in [5.74, 6) is -2.34. The van der Waals surface area contributed by atoms with Gasteiger partial charge in [-0.25, -0.2) is 9.59 Å². The fourth-order valence-electron chi connectivity index (χ4n) is 1.90. The van der Waals surface area contributed by atoms with E-state index in [-0.39, 0.29) is 38.8 Å². The van der Waals surface area contributed by atoms with E-state index in [4.69, 9.17) is 10.2 Å². The predicted octanol–water partition coefficient (Wildman–Crippen LogP) is 1.66. The van der Waals surface area contributed by atoms with Crippen LogP contribution in [0.3, 0.4) is 0 Å². The Bertz CT molecular complexity index is 267. The molecule has 0 aromatic heterocycles. The maximum atomic E-state index is 10.8. The average Bonchev–Trinajstić information content (AvgIpc) is 2.15. The third-order valence-corrected chi connectivity index (χ3v) is 2.57. The second-order valence-electron chi connectivity index (χ2n) is 3.58. The van der Waals surface area contributed by atoms with E-state index in [9.17, 15) is 9.59 Å². The normalized spacial score (nSPS) is 18.0. The van der Waals surface area contributed by atoms with Crippen molar-refractivity contribution in [3.05, 3.63) is 11.6 Å². The summed E-state index contributed by atoms with van der Waals surface area (Å²) in [7, 11) is 0. The molecule has 0 aromatic carbocycles. The summed E-state index contributed by atoms with van der Waals surface area (Å²) in [5.41, 5.74) is 0.0530. The molecule has 0 unspecified atom stereocenters. The van der Waals surface area contributed by atoms with Gasteiger partial charge in [0.05, 0.1) is 0 Å². The molecule has 1 rings (SSSR count). The zero-order chi connectivity index (χ0) is 10.6. The first kappa shape index (κ1) is 14.6. The van der Waals surface area contributed by atoms with Crippen LogP contribution in [-0.2, 0) is 36.9 Å². The first-order valence-electron chi connectivity index (χ1n) is 4.79. The van der Waals surface area contributed by atoms with Crippen molar-refractivity contribution >= 4 is 11.9 Å². The van der Waals surface area contributed by atoms with Crippen LogP contribution in [0, 0.1) is 5.92 Å². The minimum atomic E-state index is -1.17. The van der Waals surface area contributed by atoms with Gasteiger partial charge in [0.1, 0.15) is 0 Å². The van der Waals surface area contributed by atoms with E-state index >= 15 is 0 Å². The minimum absolute atomic E-state index is 0. The molecular weight excluding hydrogens is 297 g/mol. The molecule has 0 aliphatic heterocycles. The van der Waals surface area contributed by atoms with Crippen LogP contribution in [0.5, 0.6) is 0 Å². The predicted molar refractivity (Wildman–Crippen MR) is 49.9 cm³/mol. The maximum Gasteiger partial charge on any atom is 0.332 e.